The van der Waals surface area contributed by atoms with E-state index in [9.17, 15) is 31.4 Å². The minimum absolute atomic E-state index is 0.0226. The third-order valence-corrected chi connectivity index (χ3v) is 3.90. The van der Waals surface area contributed by atoms with Crippen molar-refractivity contribution in [2.24, 2.45) is 0 Å². The molecular formula is C19H18F6N8O. The van der Waals surface area contributed by atoms with Gasteiger partial charge in [0, 0.05) is 18.4 Å². The van der Waals surface area contributed by atoms with Crippen molar-refractivity contribution in [3.8, 4) is 0 Å². The first-order valence-corrected chi connectivity index (χ1v) is 9.53. The summed E-state index contributed by atoms with van der Waals surface area (Å²) in [6.45, 7) is 2.98. The highest BCUT2D eigenvalue weighted by atomic mass is 19.4. The van der Waals surface area contributed by atoms with Crippen LogP contribution in [-0.4, -0.2) is 42.2 Å². The Morgan fingerprint density at radius 1 is 0.794 bits per heavy atom. The Kier molecular flexibility index (Phi) is 6.77. The first-order valence-electron chi connectivity index (χ1n) is 9.53. The van der Waals surface area contributed by atoms with Crippen molar-refractivity contribution in [2.75, 3.05) is 22.5 Å². The van der Waals surface area contributed by atoms with Gasteiger partial charge >= 0.3 is 12.4 Å². The molecule has 0 radical (unpaired) electrons. The lowest BCUT2D eigenvalue weighted by atomic mass is 10.1. The first-order chi connectivity index (χ1) is 15.7. The smallest absolute Gasteiger partial charge is 0.389 e. The minimum atomic E-state index is -4.68. The summed E-state index contributed by atoms with van der Waals surface area (Å²) in [5.41, 5.74) is -3.53. The predicted molar refractivity (Wildman–Crippen MR) is 110 cm³/mol. The molecular weight excluding hydrogens is 470 g/mol. The van der Waals surface area contributed by atoms with Crippen LogP contribution in [0.1, 0.15) is 25.2 Å². The summed E-state index contributed by atoms with van der Waals surface area (Å²) in [7, 11) is 0. The molecule has 34 heavy (non-hydrogen) atoms. The fourth-order valence-electron chi connectivity index (χ4n) is 2.43. The number of aliphatic hydroxyl groups is 1. The number of rotatable bonds is 7. The predicted octanol–water partition coefficient (Wildman–Crippen LogP) is 4.37. The van der Waals surface area contributed by atoms with Gasteiger partial charge in [0.1, 0.15) is 17.2 Å². The van der Waals surface area contributed by atoms with E-state index >= 15 is 0 Å². The average Bonchev–Trinajstić information content (AvgIpc) is 2.71. The van der Waals surface area contributed by atoms with E-state index in [0.717, 1.165) is 24.4 Å². The van der Waals surface area contributed by atoms with E-state index in [-0.39, 0.29) is 35.9 Å². The van der Waals surface area contributed by atoms with E-state index in [0.29, 0.717) is 0 Å². The number of pyridine rings is 2. The van der Waals surface area contributed by atoms with E-state index in [1.54, 1.807) is 0 Å². The number of anilines is 5. The Labute approximate surface area is 188 Å². The number of nitrogens with one attached hydrogen (secondary N) is 3. The van der Waals surface area contributed by atoms with Crippen LogP contribution in [0, 0.1) is 0 Å². The maximum absolute atomic E-state index is 12.9. The summed E-state index contributed by atoms with van der Waals surface area (Å²) in [5, 5.41) is 17.7. The van der Waals surface area contributed by atoms with Crippen molar-refractivity contribution in [3.05, 3.63) is 47.9 Å². The molecule has 0 saturated heterocycles. The fraction of sp³-hybridized carbons (Fsp3) is 0.316. The van der Waals surface area contributed by atoms with Crippen molar-refractivity contribution in [2.45, 2.75) is 31.8 Å². The molecule has 4 N–H and O–H groups in total. The van der Waals surface area contributed by atoms with Gasteiger partial charge in [-0.1, -0.05) is 6.07 Å². The Balaban J connectivity index is 1.93. The van der Waals surface area contributed by atoms with Gasteiger partial charge in [-0.2, -0.15) is 41.3 Å². The van der Waals surface area contributed by atoms with E-state index in [1.807, 2.05) is 0 Å². The largest absolute Gasteiger partial charge is 0.433 e. The molecule has 0 fully saturated rings. The van der Waals surface area contributed by atoms with Crippen LogP contribution < -0.4 is 16.0 Å². The second-order valence-electron chi connectivity index (χ2n) is 7.56. The number of aromatic nitrogens is 5. The molecule has 3 heterocycles. The maximum Gasteiger partial charge on any atom is 0.433 e. The zero-order valence-corrected chi connectivity index (χ0v) is 17.6. The molecule has 3 rings (SSSR count). The highest BCUT2D eigenvalue weighted by molar-refractivity contribution is 5.58. The molecule has 0 bridgehead atoms. The van der Waals surface area contributed by atoms with Crippen molar-refractivity contribution in [3.63, 3.8) is 0 Å². The van der Waals surface area contributed by atoms with Gasteiger partial charge in [0.2, 0.25) is 17.8 Å². The van der Waals surface area contributed by atoms with Crippen molar-refractivity contribution in [1.29, 1.82) is 0 Å². The Morgan fingerprint density at radius 2 is 1.41 bits per heavy atom. The van der Waals surface area contributed by atoms with Crippen LogP contribution in [0.2, 0.25) is 0 Å². The Morgan fingerprint density at radius 3 is 2.03 bits per heavy atom. The molecule has 0 aliphatic heterocycles. The molecule has 0 unspecified atom stereocenters. The van der Waals surface area contributed by atoms with Crippen molar-refractivity contribution < 1.29 is 31.4 Å². The van der Waals surface area contributed by atoms with Crippen LogP contribution in [0.4, 0.5) is 55.7 Å². The molecule has 0 atom stereocenters. The molecule has 9 nitrogen and oxygen atoms in total. The topological polar surface area (TPSA) is 121 Å². The van der Waals surface area contributed by atoms with Crippen molar-refractivity contribution >= 4 is 29.4 Å². The monoisotopic (exact) mass is 488 g/mol. The molecule has 0 aliphatic carbocycles. The van der Waals surface area contributed by atoms with Crippen LogP contribution in [0.5, 0.6) is 0 Å². The summed E-state index contributed by atoms with van der Waals surface area (Å²) >= 11 is 0. The highest BCUT2D eigenvalue weighted by Crippen LogP contribution is 2.30. The second-order valence-corrected chi connectivity index (χ2v) is 7.56. The zero-order chi connectivity index (χ0) is 25.1. The SMILES string of the molecule is CC(C)(O)CNc1nc(Nc2ccnc(C(F)(F)F)c2)nc(Nc2cccc(C(F)(F)F)n2)n1. The van der Waals surface area contributed by atoms with Gasteiger partial charge in [-0.3, -0.25) is 4.98 Å². The molecule has 0 spiro atoms. The van der Waals surface area contributed by atoms with Crippen LogP contribution in [0.3, 0.4) is 0 Å². The summed E-state index contributed by atoms with van der Waals surface area (Å²) in [4.78, 5) is 18.7. The number of halogens is 6. The normalized spacial score (nSPS) is 12.4. The standard InChI is InChI=1S/C19H18F6N8O/c1-17(2,34)9-27-14-31-15(28-10-6-7-26-12(8-10)19(23,24)25)33-16(32-14)30-13-5-3-4-11(29-13)18(20,21)22/h3-8,34H,9H2,1-2H3,(H3,26,27,28,29,30,31,32,33). The Bertz CT molecular complexity index is 1070. The molecule has 3 aromatic rings. The number of alkyl halides is 6. The van der Waals surface area contributed by atoms with Gasteiger partial charge in [0.15, 0.2) is 0 Å². The van der Waals surface area contributed by atoms with E-state index in [2.05, 4.69) is 40.9 Å². The fourth-order valence-corrected chi connectivity index (χ4v) is 2.43. The molecule has 0 aliphatic rings. The molecule has 182 valence electrons. The second kappa shape index (κ2) is 9.24. The van der Waals surface area contributed by atoms with Crippen LogP contribution in [-0.2, 0) is 12.4 Å². The molecule has 0 amide bonds. The molecule has 15 heteroatoms. The summed E-state index contributed by atoms with van der Waals surface area (Å²) < 4.78 is 77.7. The lowest BCUT2D eigenvalue weighted by Gasteiger charge is -2.18. The van der Waals surface area contributed by atoms with E-state index in [1.165, 1.54) is 26.0 Å². The van der Waals surface area contributed by atoms with Gasteiger partial charge in [-0.15, -0.1) is 0 Å². The first kappa shape index (κ1) is 24.9. The van der Waals surface area contributed by atoms with Gasteiger partial charge in [-0.05, 0) is 38.1 Å². The van der Waals surface area contributed by atoms with Crippen molar-refractivity contribution in [1.82, 2.24) is 24.9 Å². The number of hydrogen-bond donors (Lipinski definition) is 4. The van der Waals surface area contributed by atoms with E-state index in [4.69, 9.17) is 0 Å². The minimum Gasteiger partial charge on any atom is -0.389 e. The van der Waals surface area contributed by atoms with E-state index < -0.39 is 29.3 Å². The van der Waals surface area contributed by atoms with Gasteiger partial charge in [-0.25, -0.2) is 4.98 Å². The molecule has 3 aromatic heterocycles. The lowest BCUT2D eigenvalue weighted by Crippen LogP contribution is -2.30. The number of nitrogens with zero attached hydrogens (tertiary/aromatic N) is 5. The summed E-state index contributed by atoms with van der Waals surface area (Å²) in [6.07, 6.45) is -8.43. The summed E-state index contributed by atoms with van der Waals surface area (Å²) in [6, 6.07) is 5.12. The molecule has 0 aromatic carbocycles. The van der Waals surface area contributed by atoms with Gasteiger partial charge in [0.25, 0.3) is 0 Å². The molecule has 0 saturated carbocycles. The third kappa shape index (κ3) is 7.13. The number of hydrogen-bond acceptors (Lipinski definition) is 9. The van der Waals surface area contributed by atoms with Crippen LogP contribution >= 0.6 is 0 Å². The van der Waals surface area contributed by atoms with Gasteiger partial charge < -0.3 is 21.1 Å². The van der Waals surface area contributed by atoms with Crippen LogP contribution in [0.15, 0.2) is 36.5 Å². The Hall–Kier alpha value is -3.75. The average molecular weight is 488 g/mol. The quantitative estimate of drug-likeness (QED) is 0.359. The third-order valence-electron chi connectivity index (χ3n) is 3.90. The maximum atomic E-state index is 12.9. The zero-order valence-electron chi connectivity index (χ0n) is 17.6. The highest BCUT2D eigenvalue weighted by Gasteiger charge is 2.33. The lowest BCUT2D eigenvalue weighted by molar-refractivity contribution is -0.141. The summed E-state index contributed by atoms with van der Waals surface area (Å²) in [5.74, 6) is -0.836. The van der Waals surface area contributed by atoms with Gasteiger partial charge in [0.05, 0.1) is 5.60 Å². The van der Waals surface area contributed by atoms with Crippen LogP contribution in [0.25, 0.3) is 0 Å².